The van der Waals surface area contributed by atoms with E-state index >= 15 is 0 Å². The van der Waals surface area contributed by atoms with Gasteiger partial charge in [-0.25, -0.2) is 0 Å². The first-order chi connectivity index (χ1) is 7.49. The van der Waals surface area contributed by atoms with Gasteiger partial charge in [0.05, 0.1) is 19.5 Å². The van der Waals surface area contributed by atoms with Gasteiger partial charge in [-0.05, 0) is 24.2 Å². The quantitative estimate of drug-likeness (QED) is 0.296. The van der Waals surface area contributed by atoms with E-state index in [2.05, 4.69) is 13.2 Å². The van der Waals surface area contributed by atoms with Crippen LogP contribution >= 0.6 is 34.8 Å². The summed E-state index contributed by atoms with van der Waals surface area (Å²) in [6.07, 6.45) is 3.23. The molecule has 0 aliphatic carbocycles. The van der Waals surface area contributed by atoms with Crippen molar-refractivity contribution in [1.82, 2.24) is 0 Å². The molecule has 0 saturated heterocycles. The van der Waals surface area contributed by atoms with Crippen LogP contribution in [0.5, 0.6) is 0 Å². The first-order valence-corrected chi connectivity index (χ1v) is 7.46. The highest BCUT2D eigenvalue weighted by Crippen LogP contribution is 2.22. The van der Waals surface area contributed by atoms with E-state index < -0.39 is 12.4 Å². The summed E-state index contributed by atoms with van der Waals surface area (Å²) in [7, 11) is -1.35. The maximum absolute atomic E-state index is 5.63. The average molecular weight is 302 g/mol. The summed E-state index contributed by atoms with van der Waals surface area (Å²) < 4.78 is 9.13. The van der Waals surface area contributed by atoms with Crippen molar-refractivity contribution in [3.63, 3.8) is 0 Å². The van der Waals surface area contributed by atoms with Crippen LogP contribution < -0.4 is 0 Å². The Morgan fingerprint density at radius 2 is 1.75 bits per heavy atom. The molecule has 0 bridgehead atoms. The van der Waals surface area contributed by atoms with Crippen molar-refractivity contribution in [2.24, 2.45) is 0 Å². The molecule has 0 unspecified atom stereocenters. The Bertz CT molecular complexity index is 249. The number of halogens is 3. The molecule has 0 rings (SSSR count). The topological polar surface area (TPSA) is 18.5 Å². The molecule has 0 aliphatic heterocycles. The van der Waals surface area contributed by atoms with Crippen molar-refractivity contribution >= 4 is 49.1 Å². The fraction of sp³-hybridized carbons (Fsp3) is 0.500. The molecule has 0 atom stereocenters. The van der Waals surface area contributed by atoms with Crippen LogP contribution in [0.2, 0.25) is 0 Å². The van der Waals surface area contributed by atoms with Crippen molar-refractivity contribution < 1.29 is 9.16 Å². The third kappa shape index (κ3) is 10.6. The van der Waals surface area contributed by atoms with Crippen molar-refractivity contribution in [1.29, 1.82) is 0 Å². The Labute approximate surface area is 113 Å². The summed E-state index contributed by atoms with van der Waals surface area (Å²) in [6.45, 7) is 8.36. The van der Waals surface area contributed by atoms with Gasteiger partial charge >= 0.3 is 0 Å². The van der Waals surface area contributed by atoms with Gasteiger partial charge in [0.25, 0.3) is 8.65 Å². The van der Waals surface area contributed by atoms with Gasteiger partial charge in [0.2, 0.25) is 3.79 Å². The molecule has 0 radical (unpaired) electrons. The molecule has 0 amide bonds. The highest BCUT2D eigenvalue weighted by molar-refractivity contribution is 6.84. The van der Waals surface area contributed by atoms with Crippen LogP contribution in [0.3, 0.4) is 0 Å². The van der Waals surface area contributed by atoms with Crippen LogP contribution in [-0.2, 0) is 9.16 Å². The minimum atomic E-state index is -1.38. The standard InChI is InChI=1S/C10H15Cl3O2Si/c1-3-14-7-5-6-8-15-16(4-2)9-10(11,12)13/h3-4,9H,1-2,5-8H2. The fourth-order valence-electron chi connectivity index (χ4n) is 0.882. The zero-order chi connectivity index (χ0) is 12.4. The zero-order valence-electron chi connectivity index (χ0n) is 8.93. The van der Waals surface area contributed by atoms with Gasteiger partial charge in [0.1, 0.15) is 0 Å². The van der Waals surface area contributed by atoms with E-state index in [-0.39, 0.29) is 0 Å². The van der Waals surface area contributed by atoms with E-state index in [1.54, 1.807) is 11.4 Å². The number of ether oxygens (including phenoxy) is 1. The Kier molecular flexibility index (Phi) is 9.13. The lowest BCUT2D eigenvalue weighted by molar-refractivity contribution is 0.228. The second kappa shape index (κ2) is 9.11. The van der Waals surface area contributed by atoms with E-state index in [9.17, 15) is 0 Å². The molecule has 0 aromatic rings. The molecule has 0 heterocycles. The van der Waals surface area contributed by atoms with Crippen molar-refractivity contribution in [3.05, 3.63) is 25.1 Å². The predicted molar refractivity (Wildman–Crippen MR) is 73.6 cm³/mol. The summed E-state index contributed by atoms with van der Waals surface area (Å²) in [6, 6.07) is 0. The Morgan fingerprint density at radius 3 is 2.25 bits per heavy atom. The number of alkyl halides is 3. The summed E-state index contributed by atoms with van der Waals surface area (Å²) in [4.78, 5) is 0. The maximum Gasteiger partial charge on any atom is 0.260 e. The second-order valence-corrected chi connectivity index (χ2v) is 7.04. The van der Waals surface area contributed by atoms with E-state index in [1.807, 2.05) is 0 Å². The largest absolute Gasteiger partial charge is 0.547 e. The summed E-state index contributed by atoms with van der Waals surface area (Å²) in [5.41, 5.74) is 3.25. The molecule has 0 saturated carbocycles. The number of rotatable bonds is 8. The number of hydrogen-bond acceptors (Lipinski definition) is 2. The molecule has 0 spiro atoms. The summed E-state index contributed by atoms with van der Waals surface area (Å²) in [5.74, 6) is 0. The summed E-state index contributed by atoms with van der Waals surface area (Å²) in [5, 5.41) is 0. The zero-order valence-corrected chi connectivity index (χ0v) is 12.2. The maximum atomic E-state index is 5.63. The van der Waals surface area contributed by atoms with Gasteiger partial charge in [-0.15, -0.1) is 6.58 Å². The molecular formula is C10H15Cl3O2Si. The third-order valence-electron chi connectivity index (χ3n) is 1.55. The van der Waals surface area contributed by atoms with Gasteiger partial charge in [0, 0.05) is 0 Å². The highest BCUT2D eigenvalue weighted by Gasteiger charge is 2.17. The third-order valence-corrected chi connectivity index (χ3v) is 4.08. The van der Waals surface area contributed by atoms with Crippen molar-refractivity contribution in [3.8, 4) is 0 Å². The minimum Gasteiger partial charge on any atom is -0.547 e. The van der Waals surface area contributed by atoms with Gasteiger partial charge < -0.3 is 9.16 Å². The second-order valence-electron chi connectivity index (χ2n) is 2.89. The van der Waals surface area contributed by atoms with Crippen LogP contribution in [0.15, 0.2) is 25.1 Å². The van der Waals surface area contributed by atoms with Gasteiger partial charge in [0.15, 0.2) is 0 Å². The first kappa shape index (κ1) is 16.0. The molecule has 0 N–H and O–H groups in total. The predicted octanol–water partition coefficient (Wildman–Crippen LogP) is 3.41. The van der Waals surface area contributed by atoms with E-state index in [4.69, 9.17) is 44.0 Å². The van der Waals surface area contributed by atoms with E-state index in [0.29, 0.717) is 13.2 Å². The molecule has 2 nitrogen and oxygen atoms in total. The van der Waals surface area contributed by atoms with Gasteiger partial charge in [-0.1, -0.05) is 41.4 Å². The Balaban J connectivity index is 3.76. The van der Waals surface area contributed by atoms with Crippen molar-refractivity contribution in [2.75, 3.05) is 13.2 Å². The van der Waals surface area contributed by atoms with Crippen LogP contribution in [0.4, 0.5) is 0 Å². The monoisotopic (exact) mass is 300 g/mol. The molecule has 6 heteroatoms. The van der Waals surface area contributed by atoms with Crippen LogP contribution in [0.25, 0.3) is 0 Å². The molecule has 0 aliphatic rings. The lowest BCUT2D eigenvalue weighted by Crippen LogP contribution is -2.18. The number of hydrogen-bond donors (Lipinski definition) is 0. The summed E-state index contributed by atoms with van der Waals surface area (Å²) >= 11 is 16.9. The molecule has 0 aromatic carbocycles. The van der Waals surface area contributed by atoms with Crippen molar-refractivity contribution in [2.45, 2.75) is 16.6 Å². The molecule has 0 aromatic heterocycles. The van der Waals surface area contributed by atoms with Crippen LogP contribution in [-0.4, -0.2) is 31.3 Å². The highest BCUT2D eigenvalue weighted by atomic mass is 35.6. The average Bonchev–Trinajstić information content (AvgIpc) is 2.19. The van der Waals surface area contributed by atoms with E-state index in [0.717, 1.165) is 12.8 Å². The normalized spacial score (nSPS) is 12.1. The smallest absolute Gasteiger partial charge is 0.260 e. The fourth-order valence-corrected chi connectivity index (χ4v) is 2.87. The first-order valence-electron chi connectivity index (χ1n) is 4.77. The molecule has 0 fully saturated rings. The molecule has 92 valence electrons. The van der Waals surface area contributed by atoms with E-state index in [1.165, 1.54) is 6.26 Å². The van der Waals surface area contributed by atoms with Crippen LogP contribution in [0, 0.1) is 0 Å². The van der Waals surface area contributed by atoms with Gasteiger partial charge in [-0.2, -0.15) is 0 Å². The Morgan fingerprint density at radius 1 is 1.12 bits per heavy atom. The Hall–Kier alpha value is 0.0369. The van der Waals surface area contributed by atoms with Crippen LogP contribution in [0.1, 0.15) is 12.8 Å². The minimum absolute atomic E-state index is 0.609. The lowest BCUT2D eigenvalue weighted by atomic mass is 10.3. The molecule has 16 heavy (non-hydrogen) atoms. The lowest BCUT2D eigenvalue weighted by Gasteiger charge is -2.09. The number of unbranched alkanes of at least 4 members (excludes halogenated alkanes) is 1. The van der Waals surface area contributed by atoms with Gasteiger partial charge in [-0.3, -0.25) is 0 Å². The molecular weight excluding hydrogens is 287 g/mol. The SMILES string of the molecule is C=COCCCCO[Si](C=C)=CC(Cl)(Cl)Cl.